The van der Waals surface area contributed by atoms with Crippen LogP contribution in [0.3, 0.4) is 0 Å². The molecule has 0 aromatic heterocycles. The number of hydrogen-bond acceptors (Lipinski definition) is 3. The molecule has 0 aliphatic carbocycles. The Hall–Kier alpha value is -3.12. The molecule has 2 rings (SSSR count). The summed E-state index contributed by atoms with van der Waals surface area (Å²) in [5.41, 5.74) is 1.99. The lowest BCUT2D eigenvalue weighted by Crippen LogP contribution is -1.83. The molecule has 0 spiro atoms. The van der Waals surface area contributed by atoms with Crippen LogP contribution < -0.4 is 4.74 Å². The first-order valence-corrected chi connectivity index (χ1v) is 7.32. The van der Waals surface area contributed by atoms with Crippen molar-refractivity contribution in [3.05, 3.63) is 72.0 Å². The predicted molar refractivity (Wildman–Crippen MR) is 92.4 cm³/mol. The van der Waals surface area contributed by atoms with Crippen molar-refractivity contribution in [3.8, 4) is 23.7 Å². The van der Waals surface area contributed by atoms with Crippen LogP contribution >= 0.6 is 0 Å². The van der Waals surface area contributed by atoms with Crippen LogP contribution in [-0.4, -0.2) is 5.11 Å². The summed E-state index contributed by atoms with van der Waals surface area (Å²) in [6.45, 7) is 2.01. The van der Waals surface area contributed by atoms with E-state index in [4.69, 9.17) is 9.47 Å². The fraction of sp³-hybridized carbons (Fsp3) is 0.100. The molecule has 0 fully saturated rings. The molecule has 0 saturated carbocycles. The smallest absolute Gasteiger partial charge is 0.161 e. The number of rotatable bonds is 5. The van der Waals surface area contributed by atoms with Crippen LogP contribution in [0.5, 0.6) is 11.5 Å². The number of hydrogen-bond donors (Lipinski definition) is 1. The number of benzene rings is 2. The van der Waals surface area contributed by atoms with Crippen LogP contribution in [0.2, 0.25) is 0 Å². The van der Waals surface area contributed by atoms with Gasteiger partial charge in [-0.2, -0.15) is 0 Å². The lowest BCUT2D eigenvalue weighted by atomic mass is 10.1. The highest BCUT2D eigenvalue weighted by Crippen LogP contribution is 2.16. The molecule has 0 aliphatic heterocycles. The summed E-state index contributed by atoms with van der Waals surface area (Å²) in [7, 11) is 0. The minimum atomic E-state index is 0.257. The highest BCUT2D eigenvalue weighted by Gasteiger charge is 1.94. The third-order valence-electron chi connectivity index (χ3n) is 2.89. The Kier molecular flexibility index (Phi) is 6.37. The van der Waals surface area contributed by atoms with Gasteiger partial charge in [-0.1, -0.05) is 43.3 Å². The summed E-state index contributed by atoms with van der Waals surface area (Å²) in [5, 5.41) is 9.26. The van der Waals surface area contributed by atoms with Gasteiger partial charge in [-0.05, 0) is 47.9 Å². The second kappa shape index (κ2) is 9.01. The second-order valence-corrected chi connectivity index (χ2v) is 4.70. The van der Waals surface area contributed by atoms with Gasteiger partial charge in [0.2, 0.25) is 0 Å². The summed E-state index contributed by atoms with van der Waals surface area (Å²) >= 11 is 0. The van der Waals surface area contributed by atoms with Crippen molar-refractivity contribution in [3.63, 3.8) is 0 Å². The van der Waals surface area contributed by atoms with Crippen molar-refractivity contribution < 1.29 is 14.6 Å². The van der Waals surface area contributed by atoms with Crippen molar-refractivity contribution in [1.29, 1.82) is 0 Å². The number of phenols is 1. The quantitative estimate of drug-likeness (QED) is 0.490. The van der Waals surface area contributed by atoms with Gasteiger partial charge >= 0.3 is 0 Å². The summed E-state index contributed by atoms with van der Waals surface area (Å²) in [5.74, 6) is 0.903. The molecule has 0 heterocycles. The molecule has 0 saturated heterocycles. The Labute approximate surface area is 136 Å². The third-order valence-corrected chi connectivity index (χ3v) is 2.89. The van der Waals surface area contributed by atoms with Gasteiger partial charge in [0, 0.05) is 0 Å². The molecule has 0 radical (unpaired) electrons. The predicted octanol–water partition coefficient (Wildman–Crippen LogP) is 4.80. The highest BCUT2D eigenvalue weighted by molar-refractivity contribution is 5.70. The maximum absolute atomic E-state index is 9.26. The topological polar surface area (TPSA) is 38.7 Å². The van der Waals surface area contributed by atoms with Crippen LogP contribution in [0, 0.1) is 12.2 Å². The van der Waals surface area contributed by atoms with Gasteiger partial charge in [-0.3, -0.25) is 0 Å². The lowest BCUT2D eigenvalue weighted by molar-refractivity contribution is 0.422. The van der Waals surface area contributed by atoms with Gasteiger partial charge < -0.3 is 14.6 Å². The molecule has 2 aromatic carbocycles. The second-order valence-electron chi connectivity index (χ2n) is 4.70. The van der Waals surface area contributed by atoms with E-state index >= 15 is 0 Å². The van der Waals surface area contributed by atoms with Crippen molar-refractivity contribution in [2.24, 2.45) is 0 Å². The molecule has 0 atom stereocenters. The van der Waals surface area contributed by atoms with Crippen molar-refractivity contribution in [2.75, 3.05) is 0 Å². The molecule has 23 heavy (non-hydrogen) atoms. The van der Waals surface area contributed by atoms with Gasteiger partial charge in [0.15, 0.2) is 12.2 Å². The van der Waals surface area contributed by atoms with Crippen LogP contribution in [-0.2, 0) is 4.74 Å². The highest BCUT2D eigenvalue weighted by atomic mass is 16.5. The Morgan fingerprint density at radius 3 is 2.57 bits per heavy atom. The van der Waals surface area contributed by atoms with Gasteiger partial charge in [0.05, 0.1) is 6.26 Å². The molecule has 0 aliphatic rings. The van der Waals surface area contributed by atoms with Gasteiger partial charge in [0.1, 0.15) is 11.5 Å². The zero-order valence-corrected chi connectivity index (χ0v) is 12.9. The molecular weight excluding hydrogens is 288 g/mol. The first-order valence-electron chi connectivity index (χ1n) is 7.32. The molecule has 0 bridgehead atoms. The number of allylic oxidation sites excluding steroid dienone is 1. The third kappa shape index (κ3) is 6.03. The van der Waals surface area contributed by atoms with E-state index in [0.717, 1.165) is 17.5 Å². The van der Waals surface area contributed by atoms with E-state index < -0.39 is 0 Å². The van der Waals surface area contributed by atoms with Gasteiger partial charge in [0.25, 0.3) is 0 Å². The first-order chi connectivity index (χ1) is 11.3. The molecule has 2 aromatic rings. The molecule has 0 amide bonds. The monoisotopic (exact) mass is 306 g/mol. The van der Waals surface area contributed by atoms with Crippen molar-refractivity contribution in [1.82, 2.24) is 0 Å². The maximum Gasteiger partial charge on any atom is 0.161 e. The van der Waals surface area contributed by atoms with E-state index in [0.29, 0.717) is 5.75 Å². The van der Waals surface area contributed by atoms with E-state index in [-0.39, 0.29) is 5.75 Å². The Balaban J connectivity index is 1.96. The van der Waals surface area contributed by atoms with Crippen LogP contribution in [0.4, 0.5) is 0 Å². The lowest BCUT2D eigenvalue weighted by Gasteiger charge is -1.99. The standard InChI is InChI=1S/C20H18O3/c1-2-3-13-22-14-15-23-20-6-4-5-18(16-20)8-7-17-9-11-19(21)12-10-17/h3-13,16,21H,2H2,1H3/b8-7+,13-3+. The van der Waals surface area contributed by atoms with Gasteiger partial charge in [-0.15, -0.1) is 0 Å². The Morgan fingerprint density at radius 1 is 1.00 bits per heavy atom. The Bertz CT molecular complexity index is 731. The summed E-state index contributed by atoms with van der Waals surface area (Å²) in [6, 6.07) is 14.6. The van der Waals surface area contributed by atoms with E-state index in [1.165, 1.54) is 6.26 Å². The van der Waals surface area contributed by atoms with Crippen molar-refractivity contribution >= 4 is 12.2 Å². The van der Waals surface area contributed by atoms with Crippen molar-refractivity contribution in [2.45, 2.75) is 13.3 Å². The van der Waals surface area contributed by atoms with Crippen LogP contribution in [0.25, 0.3) is 12.2 Å². The summed E-state index contributed by atoms with van der Waals surface area (Å²) in [4.78, 5) is 0. The van der Waals surface area contributed by atoms with E-state index in [2.05, 4.69) is 12.2 Å². The largest absolute Gasteiger partial charge is 0.508 e. The first kappa shape index (κ1) is 16.3. The molecule has 116 valence electrons. The number of aromatic hydroxyl groups is 1. The Morgan fingerprint density at radius 2 is 1.78 bits per heavy atom. The summed E-state index contributed by atoms with van der Waals surface area (Å²) < 4.78 is 10.2. The van der Waals surface area contributed by atoms with E-state index in [9.17, 15) is 5.11 Å². The average molecular weight is 306 g/mol. The molecule has 1 N–H and O–H groups in total. The minimum Gasteiger partial charge on any atom is -0.508 e. The fourth-order valence-corrected chi connectivity index (χ4v) is 1.74. The zero-order chi connectivity index (χ0) is 16.3. The molecule has 0 unspecified atom stereocenters. The number of phenolic OH excluding ortho intramolecular Hbond substituents is 1. The van der Waals surface area contributed by atoms with Gasteiger partial charge in [-0.25, -0.2) is 0 Å². The SMILES string of the molecule is CC/C=C/OC#COc1cccc(/C=C/c2ccc(O)cc2)c1. The normalized spacial score (nSPS) is 10.5. The summed E-state index contributed by atoms with van der Waals surface area (Å²) in [6.07, 6.45) is 13.2. The molecule has 3 heteroatoms. The maximum atomic E-state index is 9.26. The van der Waals surface area contributed by atoms with Crippen LogP contribution in [0.1, 0.15) is 24.5 Å². The molecular formula is C20H18O3. The van der Waals surface area contributed by atoms with E-state index in [1.54, 1.807) is 12.1 Å². The van der Waals surface area contributed by atoms with Crippen LogP contribution in [0.15, 0.2) is 60.9 Å². The average Bonchev–Trinajstić information content (AvgIpc) is 2.58. The van der Waals surface area contributed by atoms with E-state index in [1.807, 2.05) is 61.5 Å². The fourth-order valence-electron chi connectivity index (χ4n) is 1.74. The number of ether oxygens (including phenoxy) is 2. The zero-order valence-electron chi connectivity index (χ0n) is 12.9. The molecule has 3 nitrogen and oxygen atoms in total. The minimum absolute atomic E-state index is 0.257.